The molecule has 2 aromatic rings. The summed E-state index contributed by atoms with van der Waals surface area (Å²) in [7, 11) is 0. The van der Waals surface area contributed by atoms with Crippen molar-refractivity contribution in [2.75, 3.05) is 0 Å². The van der Waals surface area contributed by atoms with E-state index in [9.17, 15) is 26.3 Å². The summed E-state index contributed by atoms with van der Waals surface area (Å²) in [5.41, 5.74) is -2.95. The molecule has 0 atom stereocenters. The molecule has 107 valence electrons. The Balaban J connectivity index is 2.46. The Morgan fingerprint density at radius 1 is 0.950 bits per heavy atom. The first-order valence-corrected chi connectivity index (χ1v) is 4.95. The molecule has 0 spiro atoms. The third kappa shape index (κ3) is 3.22. The van der Waals surface area contributed by atoms with Crippen molar-refractivity contribution in [3.05, 3.63) is 42.0 Å². The highest BCUT2D eigenvalue weighted by atomic mass is 19.4. The maximum Gasteiger partial charge on any atom is 0.416 e. The predicted octanol–water partition coefficient (Wildman–Crippen LogP) is 4.30. The standard InChI is InChI=1S/C11H4F6NO2/c12-10(13,14)6-1-7(11(15,16)17)3-8(2-6)20-9-4-19-5-18-9/h1-4H. The van der Waals surface area contributed by atoms with Crippen LogP contribution < -0.4 is 4.74 Å². The summed E-state index contributed by atoms with van der Waals surface area (Å²) >= 11 is 0. The minimum atomic E-state index is -4.94. The highest BCUT2D eigenvalue weighted by molar-refractivity contribution is 5.38. The van der Waals surface area contributed by atoms with Crippen molar-refractivity contribution in [2.45, 2.75) is 12.4 Å². The molecule has 1 heterocycles. The zero-order chi connectivity index (χ0) is 15.0. The number of hydrogen-bond acceptors (Lipinski definition) is 3. The minimum Gasteiger partial charge on any atom is -0.437 e. The van der Waals surface area contributed by atoms with Crippen molar-refractivity contribution in [1.82, 2.24) is 4.98 Å². The molecule has 0 N–H and O–H groups in total. The number of alkyl halides is 6. The zero-order valence-corrected chi connectivity index (χ0v) is 9.34. The summed E-state index contributed by atoms with van der Waals surface area (Å²) in [5, 5.41) is 0. The molecular weight excluding hydrogens is 292 g/mol. The molecule has 0 aliphatic rings. The van der Waals surface area contributed by atoms with Gasteiger partial charge >= 0.3 is 12.4 Å². The Labute approximate surface area is 107 Å². The lowest BCUT2D eigenvalue weighted by molar-refractivity contribution is -0.143. The highest BCUT2D eigenvalue weighted by Gasteiger charge is 2.37. The normalized spacial score (nSPS) is 12.5. The van der Waals surface area contributed by atoms with Crippen LogP contribution in [0.1, 0.15) is 11.1 Å². The molecule has 0 saturated carbocycles. The van der Waals surface area contributed by atoms with E-state index < -0.39 is 29.2 Å². The van der Waals surface area contributed by atoms with Gasteiger partial charge in [-0.25, -0.2) is 0 Å². The average molecular weight is 296 g/mol. The molecule has 0 unspecified atom stereocenters. The van der Waals surface area contributed by atoms with E-state index in [0.717, 1.165) is 6.26 Å². The second-order valence-electron chi connectivity index (χ2n) is 3.62. The monoisotopic (exact) mass is 296 g/mol. The van der Waals surface area contributed by atoms with E-state index in [1.54, 1.807) is 0 Å². The largest absolute Gasteiger partial charge is 0.437 e. The molecule has 0 aliphatic heterocycles. The topological polar surface area (TPSA) is 35.3 Å². The summed E-state index contributed by atoms with van der Waals surface area (Å²) in [6.45, 7) is 0. The van der Waals surface area contributed by atoms with E-state index >= 15 is 0 Å². The fraction of sp³-hybridized carbons (Fsp3) is 0.182. The fourth-order valence-corrected chi connectivity index (χ4v) is 1.33. The van der Waals surface area contributed by atoms with Crippen LogP contribution in [-0.4, -0.2) is 4.98 Å². The number of ether oxygens (including phenoxy) is 1. The molecule has 0 aliphatic carbocycles. The molecular formula is C11H4F6NO2. The Morgan fingerprint density at radius 3 is 1.90 bits per heavy atom. The van der Waals surface area contributed by atoms with Crippen LogP contribution in [0.5, 0.6) is 11.6 Å². The van der Waals surface area contributed by atoms with Crippen LogP contribution in [0.25, 0.3) is 0 Å². The van der Waals surface area contributed by atoms with Gasteiger partial charge in [-0.15, -0.1) is 0 Å². The van der Waals surface area contributed by atoms with Crippen LogP contribution in [0.15, 0.2) is 28.9 Å². The van der Waals surface area contributed by atoms with E-state index in [-0.39, 0.29) is 11.9 Å². The second-order valence-corrected chi connectivity index (χ2v) is 3.62. The number of oxazole rings is 1. The van der Waals surface area contributed by atoms with Gasteiger partial charge in [0.25, 0.3) is 12.3 Å². The van der Waals surface area contributed by atoms with Crippen LogP contribution in [-0.2, 0) is 12.4 Å². The maximum atomic E-state index is 12.6. The van der Waals surface area contributed by atoms with E-state index in [4.69, 9.17) is 4.74 Å². The Bertz CT molecular complexity index is 556. The SMILES string of the molecule is FC(F)(F)c1cc(Oc2co[c]n2)cc(C(F)(F)F)c1. The van der Waals surface area contributed by atoms with Gasteiger partial charge in [0.15, 0.2) is 6.26 Å². The Morgan fingerprint density at radius 2 is 1.50 bits per heavy atom. The van der Waals surface area contributed by atoms with E-state index in [1.165, 1.54) is 0 Å². The molecule has 1 radical (unpaired) electrons. The lowest BCUT2D eigenvalue weighted by atomic mass is 10.1. The number of halogens is 6. The van der Waals surface area contributed by atoms with Gasteiger partial charge < -0.3 is 9.15 Å². The fourth-order valence-electron chi connectivity index (χ4n) is 1.33. The Hall–Kier alpha value is -2.19. The summed E-state index contributed by atoms with van der Waals surface area (Å²) in [5.74, 6) is -0.966. The van der Waals surface area contributed by atoms with Crippen molar-refractivity contribution in [1.29, 1.82) is 0 Å². The third-order valence-electron chi connectivity index (χ3n) is 2.15. The predicted molar refractivity (Wildman–Crippen MR) is 51.9 cm³/mol. The van der Waals surface area contributed by atoms with Gasteiger partial charge in [0.1, 0.15) is 5.75 Å². The number of aromatic nitrogens is 1. The third-order valence-corrected chi connectivity index (χ3v) is 2.15. The van der Waals surface area contributed by atoms with Crippen LogP contribution in [0.4, 0.5) is 26.3 Å². The Kier molecular flexibility index (Phi) is 3.36. The summed E-state index contributed by atoms with van der Waals surface area (Å²) < 4.78 is 84.4. The van der Waals surface area contributed by atoms with Gasteiger partial charge in [0, 0.05) is 0 Å². The lowest BCUT2D eigenvalue weighted by Gasteiger charge is -2.13. The van der Waals surface area contributed by atoms with Gasteiger partial charge in [0.05, 0.1) is 11.1 Å². The van der Waals surface area contributed by atoms with E-state index in [0.29, 0.717) is 12.1 Å². The van der Waals surface area contributed by atoms with Crippen molar-refractivity contribution in [3.8, 4) is 11.6 Å². The zero-order valence-electron chi connectivity index (χ0n) is 9.34. The van der Waals surface area contributed by atoms with Gasteiger partial charge in [-0.1, -0.05) is 0 Å². The smallest absolute Gasteiger partial charge is 0.416 e. The van der Waals surface area contributed by atoms with Crippen LogP contribution in [0.2, 0.25) is 0 Å². The van der Waals surface area contributed by atoms with Crippen LogP contribution in [0.3, 0.4) is 0 Å². The molecule has 1 aromatic heterocycles. The van der Waals surface area contributed by atoms with Gasteiger partial charge in [-0.2, -0.15) is 31.3 Å². The molecule has 0 amide bonds. The first kappa shape index (κ1) is 14.2. The number of benzene rings is 1. The molecule has 0 fully saturated rings. The summed E-state index contributed by atoms with van der Waals surface area (Å²) in [6.07, 6.45) is -7.04. The first-order chi connectivity index (χ1) is 9.16. The average Bonchev–Trinajstić information content (AvgIpc) is 2.79. The van der Waals surface area contributed by atoms with Gasteiger partial charge in [-0.05, 0) is 18.2 Å². The molecule has 1 aromatic carbocycles. The van der Waals surface area contributed by atoms with Crippen molar-refractivity contribution < 1.29 is 35.5 Å². The van der Waals surface area contributed by atoms with Crippen molar-refractivity contribution >= 4 is 0 Å². The molecule has 3 nitrogen and oxygen atoms in total. The van der Waals surface area contributed by atoms with E-state index in [1.807, 2.05) is 6.39 Å². The van der Waals surface area contributed by atoms with Crippen molar-refractivity contribution in [3.63, 3.8) is 0 Å². The molecule has 0 bridgehead atoms. The van der Waals surface area contributed by atoms with Crippen LogP contribution >= 0.6 is 0 Å². The van der Waals surface area contributed by atoms with Gasteiger partial charge in [-0.3, -0.25) is 0 Å². The van der Waals surface area contributed by atoms with Crippen molar-refractivity contribution in [2.24, 2.45) is 0 Å². The number of hydrogen-bond donors (Lipinski definition) is 0. The highest BCUT2D eigenvalue weighted by Crippen LogP contribution is 2.38. The number of nitrogens with zero attached hydrogens (tertiary/aromatic N) is 1. The first-order valence-electron chi connectivity index (χ1n) is 4.95. The van der Waals surface area contributed by atoms with Crippen LogP contribution in [0, 0.1) is 6.39 Å². The molecule has 2 rings (SSSR count). The molecule has 20 heavy (non-hydrogen) atoms. The van der Waals surface area contributed by atoms with E-state index in [2.05, 4.69) is 9.40 Å². The lowest BCUT2D eigenvalue weighted by Crippen LogP contribution is -2.11. The second kappa shape index (κ2) is 4.73. The quantitative estimate of drug-likeness (QED) is 0.775. The summed E-state index contributed by atoms with van der Waals surface area (Å²) in [4.78, 5) is 3.32. The minimum absolute atomic E-state index is 0.00177. The molecule has 0 saturated heterocycles. The number of rotatable bonds is 2. The van der Waals surface area contributed by atoms with Gasteiger partial charge in [0.2, 0.25) is 0 Å². The maximum absolute atomic E-state index is 12.6. The molecule has 9 heteroatoms. The summed E-state index contributed by atoms with van der Waals surface area (Å²) in [6, 6.07) is 0.871.